The predicted molar refractivity (Wildman–Crippen MR) is 69.3 cm³/mol. The van der Waals surface area contributed by atoms with Crippen molar-refractivity contribution in [3.63, 3.8) is 0 Å². The summed E-state index contributed by atoms with van der Waals surface area (Å²) >= 11 is 2.94. The average molecular weight is 331 g/mol. The monoisotopic (exact) mass is 330 g/mol. The lowest BCUT2D eigenvalue weighted by molar-refractivity contribution is 0.204. The minimum atomic E-state index is -1.69. The molecule has 0 fully saturated rings. The third-order valence-corrected chi connectivity index (χ3v) is 3.22. The van der Waals surface area contributed by atoms with E-state index in [0.717, 1.165) is 18.2 Å². The molecule has 0 spiro atoms. The van der Waals surface area contributed by atoms with Crippen molar-refractivity contribution in [2.24, 2.45) is 0 Å². The molecule has 1 unspecified atom stereocenters. The Morgan fingerprint density at radius 3 is 2.16 bits per heavy atom. The topological polar surface area (TPSA) is 20.2 Å². The second-order valence-electron chi connectivity index (χ2n) is 4.21. The molecule has 0 aromatic heterocycles. The maximum atomic E-state index is 13.7. The van der Waals surface area contributed by atoms with Crippen LogP contribution in [0.4, 0.5) is 13.2 Å². The second-order valence-corrected chi connectivity index (χ2v) is 5.13. The number of aliphatic hydroxyl groups is 1. The Bertz CT molecular complexity index is 605. The first-order valence-corrected chi connectivity index (χ1v) is 6.28. The van der Waals surface area contributed by atoms with Crippen LogP contribution in [0.1, 0.15) is 22.8 Å². The van der Waals surface area contributed by atoms with Gasteiger partial charge in [0.25, 0.3) is 0 Å². The van der Waals surface area contributed by atoms with Gasteiger partial charge in [0.15, 0.2) is 0 Å². The number of rotatable bonds is 2. The van der Waals surface area contributed by atoms with Gasteiger partial charge in [-0.3, -0.25) is 0 Å². The van der Waals surface area contributed by atoms with Crippen LogP contribution in [0.15, 0.2) is 34.8 Å². The summed E-state index contributed by atoms with van der Waals surface area (Å²) < 4.78 is 41.3. The van der Waals surface area contributed by atoms with Gasteiger partial charge in [0.2, 0.25) is 0 Å². The minimum Gasteiger partial charge on any atom is -0.383 e. The van der Waals surface area contributed by atoms with E-state index in [1.807, 2.05) is 0 Å². The summed E-state index contributed by atoms with van der Waals surface area (Å²) in [6.07, 6.45) is -1.69. The molecule has 1 nitrogen and oxygen atoms in total. The first-order chi connectivity index (χ1) is 8.90. The average Bonchev–Trinajstić information content (AvgIpc) is 2.30. The van der Waals surface area contributed by atoms with Crippen LogP contribution < -0.4 is 0 Å². The lowest BCUT2D eigenvalue weighted by Crippen LogP contribution is -2.08. The summed E-state index contributed by atoms with van der Waals surface area (Å²) in [6.45, 7) is 1.70. The van der Waals surface area contributed by atoms with Crippen LogP contribution in [-0.4, -0.2) is 5.11 Å². The zero-order valence-electron chi connectivity index (χ0n) is 9.92. The first-order valence-electron chi connectivity index (χ1n) is 5.48. The molecule has 0 bridgehead atoms. The SMILES string of the molecule is Cc1ccc(F)c(C(O)c2c(F)cc(Br)cc2F)c1. The van der Waals surface area contributed by atoms with Gasteiger partial charge in [0.1, 0.15) is 23.6 Å². The lowest BCUT2D eigenvalue weighted by Gasteiger charge is -2.15. The molecular weight excluding hydrogens is 321 g/mol. The van der Waals surface area contributed by atoms with Crippen molar-refractivity contribution < 1.29 is 18.3 Å². The van der Waals surface area contributed by atoms with E-state index in [-0.39, 0.29) is 10.0 Å². The number of hydrogen-bond donors (Lipinski definition) is 1. The van der Waals surface area contributed by atoms with E-state index in [4.69, 9.17) is 0 Å². The molecule has 0 amide bonds. The molecular formula is C14H10BrF3O. The highest BCUT2D eigenvalue weighted by molar-refractivity contribution is 9.10. The Kier molecular flexibility index (Phi) is 3.96. The van der Waals surface area contributed by atoms with Gasteiger partial charge in [-0.05, 0) is 25.1 Å². The minimum absolute atomic E-state index is 0.153. The summed E-state index contributed by atoms with van der Waals surface area (Å²) in [5.41, 5.74) is -0.0267. The molecule has 0 radical (unpaired) electrons. The molecule has 0 aliphatic heterocycles. The molecule has 1 N–H and O–H groups in total. The molecule has 0 saturated heterocycles. The molecule has 0 aliphatic carbocycles. The van der Waals surface area contributed by atoms with Crippen LogP contribution >= 0.6 is 15.9 Å². The smallest absolute Gasteiger partial charge is 0.133 e. The maximum Gasteiger partial charge on any atom is 0.133 e. The highest BCUT2D eigenvalue weighted by Crippen LogP contribution is 2.30. The van der Waals surface area contributed by atoms with Crippen molar-refractivity contribution in [2.45, 2.75) is 13.0 Å². The van der Waals surface area contributed by atoms with Crippen molar-refractivity contribution in [3.8, 4) is 0 Å². The van der Waals surface area contributed by atoms with Gasteiger partial charge in [0, 0.05) is 10.0 Å². The van der Waals surface area contributed by atoms with Crippen LogP contribution in [0.2, 0.25) is 0 Å². The van der Waals surface area contributed by atoms with Gasteiger partial charge in [-0.1, -0.05) is 33.6 Å². The van der Waals surface area contributed by atoms with Crippen molar-refractivity contribution in [3.05, 3.63) is 68.9 Å². The highest BCUT2D eigenvalue weighted by atomic mass is 79.9. The maximum absolute atomic E-state index is 13.7. The Morgan fingerprint density at radius 1 is 1.00 bits per heavy atom. The molecule has 100 valence electrons. The van der Waals surface area contributed by atoms with E-state index in [1.165, 1.54) is 12.1 Å². The van der Waals surface area contributed by atoms with Crippen LogP contribution in [0.25, 0.3) is 0 Å². The third-order valence-electron chi connectivity index (χ3n) is 2.76. The molecule has 0 aliphatic rings. The first kappa shape index (κ1) is 14.1. The highest BCUT2D eigenvalue weighted by Gasteiger charge is 2.23. The number of aliphatic hydroxyl groups excluding tert-OH is 1. The summed E-state index contributed by atoms with van der Waals surface area (Å²) in [5, 5.41) is 10.0. The molecule has 2 rings (SSSR count). The molecule has 2 aromatic carbocycles. The largest absolute Gasteiger partial charge is 0.383 e. The second kappa shape index (κ2) is 5.35. The Hall–Kier alpha value is -1.33. The van der Waals surface area contributed by atoms with E-state index in [9.17, 15) is 18.3 Å². The van der Waals surface area contributed by atoms with E-state index < -0.39 is 29.1 Å². The molecule has 2 aromatic rings. The fourth-order valence-corrected chi connectivity index (χ4v) is 2.24. The van der Waals surface area contributed by atoms with E-state index in [2.05, 4.69) is 15.9 Å². The standard InChI is InChI=1S/C14H10BrF3O/c1-7-2-3-10(16)9(4-7)14(19)13-11(17)5-8(15)6-12(13)18/h2-6,14,19H,1H3. The van der Waals surface area contributed by atoms with E-state index >= 15 is 0 Å². The van der Waals surface area contributed by atoms with E-state index in [1.54, 1.807) is 6.92 Å². The van der Waals surface area contributed by atoms with Crippen molar-refractivity contribution in [1.82, 2.24) is 0 Å². The van der Waals surface area contributed by atoms with Gasteiger partial charge < -0.3 is 5.11 Å². The number of hydrogen-bond acceptors (Lipinski definition) is 1. The van der Waals surface area contributed by atoms with Gasteiger partial charge in [-0.25, -0.2) is 13.2 Å². The van der Waals surface area contributed by atoms with Gasteiger partial charge in [0.05, 0.1) is 5.56 Å². The van der Waals surface area contributed by atoms with Crippen molar-refractivity contribution >= 4 is 15.9 Å². The normalized spacial score (nSPS) is 12.5. The fraction of sp³-hybridized carbons (Fsp3) is 0.143. The lowest BCUT2D eigenvalue weighted by atomic mass is 9.98. The summed E-state index contributed by atoms with van der Waals surface area (Å²) in [4.78, 5) is 0. The van der Waals surface area contributed by atoms with Crippen molar-refractivity contribution in [1.29, 1.82) is 0 Å². The quantitative estimate of drug-likeness (QED) is 0.872. The molecule has 5 heteroatoms. The zero-order chi connectivity index (χ0) is 14.2. The van der Waals surface area contributed by atoms with Crippen LogP contribution in [0.3, 0.4) is 0 Å². The number of aryl methyl sites for hydroxylation is 1. The Labute approximate surface area is 116 Å². The van der Waals surface area contributed by atoms with Crippen LogP contribution in [0, 0.1) is 24.4 Å². The molecule has 19 heavy (non-hydrogen) atoms. The van der Waals surface area contributed by atoms with Crippen molar-refractivity contribution in [2.75, 3.05) is 0 Å². The van der Waals surface area contributed by atoms with Crippen LogP contribution in [-0.2, 0) is 0 Å². The van der Waals surface area contributed by atoms with E-state index in [0.29, 0.717) is 5.56 Å². The number of benzene rings is 2. The Morgan fingerprint density at radius 2 is 1.58 bits per heavy atom. The third kappa shape index (κ3) is 2.82. The summed E-state index contributed by atoms with van der Waals surface area (Å²) in [7, 11) is 0. The fourth-order valence-electron chi connectivity index (χ4n) is 1.84. The summed E-state index contributed by atoms with van der Waals surface area (Å²) in [5.74, 6) is -2.57. The summed E-state index contributed by atoms with van der Waals surface area (Å²) in [6, 6.07) is 6.08. The van der Waals surface area contributed by atoms with Gasteiger partial charge >= 0.3 is 0 Å². The zero-order valence-corrected chi connectivity index (χ0v) is 11.5. The number of halogens is 4. The molecule has 0 heterocycles. The predicted octanol–water partition coefficient (Wildman–Crippen LogP) is 4.26. The van der Waals surface area contributed by atoms with Crippen LogP contribution in [0.5, 0.6) is 0 Å². The van der Waals surface area contributed by atoms with Gasteiger partial charge in [-0.2, -0.15) is 0 Å². The molecule has 0 saturated carbocycles. The molecule has 1 atom stereocenters. The van der Waals surface area contributed by atoms with Gasteiger partial charge in [-0.15, -0.1) is 0 Å². The Balaban J connectivity index is 2.56.